The lowest BCUT2D eigenvalue weighted by Crippen LogP contribution is -2.47. The predicted octanol–water partition coefficient (Wildman–Crippen LogP) is 8.30. The van der Waals surface area contributed by atoms with Crippen LogP contribution in [0.5, 0.6) is 11.5 Å². The highest BCUT2D eigenvalue weighted by atomic mass is 16.6. The molecule has 234 valence electrons. The fourth-order valence-electron chi connectivity index (χ4n) is 5.61. The van der Waals surface area contributed by atoms with E-state index in [1.165, 1.54) is 0 Å². The summed E-state index contributed by atoms with van der Waals surface area (Å²) in [5.74, 6) is -0.0628. The molecule has 0 radical (unpaired) electrons. The summed E-state index contributed by atoms with van der Waals surface area (Å²) in [7, 11) is 0. The van der Waals surface area contributed by atoms with Crippen molar-refractivity contribution in [1.29, 1.82) is 0 Å². The molecule has 0 aliphatic rings. The second-order valence-corrected chi connectivity index (χ2v) is 13.8. The average molecular weight is 583 g/mol. The number of carbonyl (C=O) groups excluding carboxylic acids is 2. The number of ether oxygens (including phenoxy) is 2. The first-order chi connectivity index (χ1) is 19.4. The highest BCUT2D eigenvalue weighted by Crippen LogP contribution is 2.36. The number of rotatable bonds is 12. The van der Waals surface area contributed by atoms with Gasteiger partial charge in [0.15, 0.2) is 0 Å². The van der Waals surface area contributed by atoms with Gasteiger partial charge < -0.3 is 19.7 Å². The number of phenolic OH excluding ortho intramolecular Hbond substituents is 2. The third-order valence-electron chi connectivity index (χ3n) is 8.32. The van der Waals surface area contributed by atoms with Crippen molar-refractivity contribution in [3.8, 4) is 11.5 Å². The molecule has 2 aromatic carbocycles. The van der Waals surface area contributed by atoms with Crippen molar-refractivity contribution >= 4 is 11.9 Å². The molecule has 0 fully saturated rings. The van der Waals surface area contributed by atoms with Gasteiger partial charge in [-0.15, -0.1) is 0 Å². The molecule has 42 heavy (non-hydrogen) atoms. The Labute approximate surface area is 253 Å². The molecule has 0 aromatic heterocycles. The van der Waals surface area contributed by atoms with Gasteiger partial charge in [-0.3, -0.25) is 9.59 Å². The summed E-state index contributed by atoms with van der Waals surface area (Å²) < 4.78 is 12.1. The van der Waals surface area contributed by atoms with E-state index in [9.17, 15) is 19.8 Å². The van der Waals surface area contributed by atoms with Crippen LogP contribution in [-0.2, 0) is 42.7 Å². The fraction of sp³-hybridized carbons (Fsp3) is 0.611. The first-order valence-corrected chi connectivity index (χ1v) is 15.5. The smallest absolute Gasteiger partial charge is 0.306 e. The maximum atomic E-state index is 13.1. The highest BCUT2D eigenvalue weighted by Gasteiger charge is 2.41. The van der Waals surface area contributed by atoms with Crippen molar-refractivity contribution in [3.63, 3.8) is 0 Å². The van der Waals surface area contributed by atoms with Gasteiger partial charge in [0.1, 0.15) is 23.2 Å². The number of aromatic hydroxyl groups is 2. The van der Waals surface area contributed by atoms with Gasteiger partial charge in [0.2, 0.25) is 0 Å². The minimum absolute atomic E-state index is 0.191. The second kappa shape index (κ2) is 14.0. The SMILES string of the molecule is CCC(OC(=O)CCc1cc(C)c(O)c(C(C)(C)C)c1)C(CC)(CC)OC(=O)CCc1cc(C)c(O)c(C(C)(C)C)c1. The van der Waals surface area contributed by atoms with Crippen LogP contribution in [0.25, 0.3) is 0 Å². The highest BCUT2D eigenvalue weighted by molar-refractivity contribution is 5.71. The van der Waals surface area contributed by atoms with Crippen LogP contribution in [0, 0.1) is 13.8 Å². The molecule has 6 nitrogen and oxygen atoms in total. The Morgan fingerprint density at radius 3 is 1.48 bits per heavy atom. The minimum Gasteiger partial charge on any atom is -0.507 e. The van der Waals surface area contributed by atoms with Crippen LogP contribution < -0.4 is 0 Å². The summed E-state index contributed by atoms with van der Waals surface area (Å²) in [6.07, 6.45) is 2.39. The number of esters is 2. The van der Waals surface area contributed by atoms with E-state index in [4.69, 9.17) is 9.47 Å². The fourth-order valence-corrected chi connectivity index (χ4v) is 5.61. The largest absolute Gasteiger partial charge is 0.507 e. The standard InChI is InChI=1S/C36H54O6/c1-12-29(41-30(37)17-15-25-19-23(4)32(39)27(21-25)34(6,7)8)36(13-2,14-3)42-31(38)18-16-26-20-24(5)33(40)28(22-26)35(9,10)11/h19-22,29,39-40H,12-18H2,1-11H3. The first-order valence-electron chi connectivity index (χ1n) is 15.5. The maximum absolute atomic E-state index is 13.1. The molecule has 1 unspecified atom stereocenters. The van der Waals surface area contributed by atoms with Gasteiger partial charge >= 0.3 is 11.9 Å². The van der Waals surface area contributed by atoms with Gasteiger partial charge in [0.25, 0.3) is 0 Å². The summed E-state index contributed by atoms with van der Waals surface area (Å²) >= 11 is 0. The third kappa shape index (κ3) is 8.75. The number of carbonyl (C=O) groups is 2. The van der Waals surface area contributed by atoms with E-state index >= 15 is 0 Å². The number of hydrogen-bond acceptors (Lipinski definition) is 6. The predicted molar refractivity (Wildman–Crippen MR) is 169 cm³/mol. The molecular weight excluding hydrogens is 528 g/mol. The normalized spacial score (nSPS) is 13.1. The molecule has 0 saturated heterocycles. The molecule has 6 heteroatoms. The Hall–Kier alpha value is -3.02. The number of aryl methyl sites for hydroxylation is 4. The van der Waals surface area contributed by atoms with Crippen LogP contribution in [0.15, 0.2) is 24.3 Å². The average Bonchev–Trinajstić information content (AvgIpc) is 2.90. The number of benzene rings is 2. The van der Waals surface area contributed by atoms with E-state index < -0.39 is 11.7 Å². The molecule has 0 saturated carbocycles. The number of phenols is 2. The summed E-state index contributed by atoms with van der Waals surface area (Å²) in [4.78, 5) is 26.2. The van der Waals surface area contributed by atoms with Crippen LogP contribution in [0.1, 0.15) is 128 Å². The lowest BCUT2D eigenvalue weighted by atomic mass is 9.83. The second-order valence-electron chi connectivity index (χ2n) is 13.8. The van der Waals surface area contributed by atoms with Crippen LogP contribution in [-0.4, -0.2) is 33.9 Å². The van der Waals surface area contributed by atoms with E-state index in [0.29, 0.717) is 43.6 Å². The Morgan fingerprint density at radius 1 is 0.714 bits per heavy atom. The molecule has 2 N–H and O–H groups in total. The Morgan fingerprint density at radius 2 is 1.12 bits per heavy atom. The number of hydrogen-bond donors (Lipinski definition) is 2. The van der Waals surface area contributed by atoms with E-state index in [0.717, 1.165) is 33.4 Å². The minimum atomic E-state index is -0.905. The Balaban J connectivity index is 2.11. The van der Waals surface area contributed by atoms with Gasteiger partial charge in [0, 0.05) is 12.8 Å². The molecular formula is C36H54O6. The molecule has 0 amide bonds. The van der Waals surface area contributed by atoms with Crippen LogP contribution in [0.4, 0.5) is 0 Å². The van der Waals surface area contributed by atoms with Gasteiger partial charge in [-0.1, -0.05) is 86.6 Å². The van der Waals surface area contributed by atoms with Gasteiger partial charge in [0.05, 0.1) is 0 Å². The maximum Gasteiger partial charge on any atom is 0.306 e. The zero-order chi connectivity index (χ0) is 32.0. The van der Waals surface area contributed by atoms with Crippen molar-refractivity contribution in [1.82, 2.24) is 0 Å². The van der Waals surface area contributed by atoms with Crippen molar-refractivity contribution < 1.29 is 29.3 Å². The van der Waals surface area contributed by atoms with Crippen molar-refractivity contribution in [2.24, 2.45) is 0 Å². The molecule has 0 heterocycles. The lowest BCUT2D eigenvalue weighted by molar-refractivity contribution is -0.189. The van der Waals surface area contributed by atoms with E-state index in [-0.39, 0.29) is 35.6 Å². The van der Waals surface area contributed by atoms with Gasteiger partial charge in [-0.05, 0) is 90.2 Å². The van der Waals surface area contributed by atoms with Crippen molar-refractivity contribution in [2.75, 3.05) is 0 Å². The van der Waals surface area contributed by atoms with Crippen molar-refractivity contribution in [3.05, 3.63) is 57.6 Å². The quantitative estimate of drug-likeness (QED) is 0.245. The molecule has 0 spiro atoms. The van der Waals surface area contributed by atoms with Crippen LogP contribution in [0.3, 0.4) is 0 Å². The van der Waals surface area contributed by atoms with Crippen LogP contribution >= 0.6 is 0 Å². The molecule has 2 rings (SSSR count). The molecule has 2 aromatic rings. The summed E-state index contributed by atoms with van der Waals surface area (Å²) in [6.45, 7) is 21.9. The molecule has 0 bridgehead atoms. The topological polar surface area (TPSA) is 93.1 Å². The van der Waals surface area contributed by atoms with Crippen molar-refractivity contribution in [2.45, 2.75) is 144 Å². The molecule has 1 atom stereocenters. The lowest BCUT2D eigenvalue weighted by Gasteiger charge is -2.38. The van der Waals surface area contributed by atoms with E-state index in [2.05, 4.69) is 41.5 Å². The molecule has 0 aliphatic carbocycles. The first kappa shape index (κ1) is 35.2. The molecule has 0 aliphatic heterocycles. The zero-order valence-corrected chi connectivity index (χ0v) is 27.9. The zero-order valence-electron chi connectivity index (χ0n) is 27.9. The van der Waals surface area contributed by atoms with E-state index in [1.54, 1.807) is 0 Å². The monoisotopic (exact) mass is 582 g/mol. The Kier molecular flexibility index (Phi) is 11.7. The summed E-state index contributed by atoms with van der Waals surface area (Å²) in [6, 6.07) is 7.77. The third-order valence-corrected chi connectivity index (χ3v) is 8.32. The summed E-state index contributed by atoms with van der Waals surface area (Å²) in [5, 5.41) is 21.1. The Bertz CT molecular complexity index is 1240. The summed E-state index contributed by atoms with van der Waals surface area (Å²) in [5.41, 5.74) is 3.90. The van der Waals surface area contributed by atoms with Crippen LogP contribution in [0.2, 0.25) is 0 Å². The van der Waals surface area contributed by atoms with Gasteiger partial charge in [-0.2, -0.15) is 0 Å². The van der Waals surface area contributed by atoms with E-state index in [1.807, 2.05) is 58.9 Å². The van der Waals surface area contributed by atoms with Gasteiger partial charge in [-0.25, -0.2) is 0 Å².